The minimum atomic E-state index is -0.486. The van der Waals surface area contributed by atoms with Gasteiger partial charge in [0.25, 0.3) is 5.56 Å². The third-order valence-corrected chi connectivity index (χ3v) is 8.50. The summed E-state index contributed by atoms with van der Waals surface area (Å²) in [4.78, 5) is 31.4. The number of rotatable bonds is 9. The van der Waals surface area contributed by atoms with Crippen molar-refractivity contribution >= 4 is 29.1 Å². The van der Waals surface area contributed by atoms with Crippen molar-refractivity contribution in [2.45, 2.75) is 32.7 Å². The highest BCUT2D eigenvalue weighted by Gasteiger charge is 2.32. The van der Waals surface area contributed by atoms with Crippen molar-refractivity contribution in [3.63, 3.8) is 0 Å². The Kier molecular flexibility index (Phi) is 8.16. The highest BCUT2D eigenvalue weighted by Crippen LogP contribution is 2.41. The lowest BCUT2D eigenvalue weighted by Crippen LogP contribution is -2.38. The molecular formula is C34H32N2O6S. The predicted octanol–water partition coefficient (Wildman–Crippen LogP) is 4.67. The van der Waals surface area contributed by atoms with Crippen molar-refractivity contribution in [1.29, 1.82) is 0 Å². The number of carbonyl (C=O) groups is 1. The van der Waals surface area contributed by atoms with Crippen molar-refractivity contribution in [2.75, 3.05) is 26.9 Å². The Bertz CT molecular complexity index is 1890. The Hall–Kier alpha value is -4.63. The first-order valence-corrected chi connectivity index (χ1v) is 15.1. The zero-order chi connectivity index (χ0) is 29.9. The number of allylic oxidation sites excluding steroid dienone is 1. The maximum atomic E-state index is 14.1. The summed E-state index contributed by atoms with van der Waals surface area (Å²) in [6.45, 7) is 4.60. The van der Waals surface area contributed by atoms with Crippen LogP contribution in [0.2, 0.25) is 0 Å². The zero-order valence-corrected chi connectivity index (χ0v) is 25.1. The van der Waals surface area contributed by atoms with Crippen LogP contribution in [0.5, 0.6) is 17.2 Å². The van der Waals surface area contributed by atoms with Gasteiger partial charge in [0.2, 0.25) is 0 Å². The predicted molar refractivity (Wildman–Crippen MR) is 165 cm³/mol. The highest BCUT2D eigenvalue weighted by atomic mass is 32.1. The third kappa shape index (κ3) is 5.60. The van der Waals surface area contributed by atoms with Crippen molar-refractivity contribution < 1.29 is 23.7 Å². The van der Waals surface area contributed by atoms with E-state index in [2.05, 4.69) is 22.9 Å². The van der Waals surface area contributed by atoms with Gasteiger partial charge in [-0.3, -0.25) is 9.36 Å². The average Bonchev–Trinajstić information content (AvgIpc) is 3.34. The largest absolute Gasteiger partial charge is 0.494 e. The van der Waals surface area contributed by atoms with Crippen molar-refractivity contribution in [3.05, 3.63) is 114 Å². The second kappa shape index (κ2) is 12.3. The number of aromatic nitrogens is 1. The van der Waals surface area contributed by atoms with E-state index in [1.165, 1.54) is 24.0 Å². The lowest BCUT2D eigenvalue weighted by molar-refractivity contribution is -0.142. The first-order valence-electron chi connectivity index (χ1n) is 14.3. The fraction of sp³-hybridized carbons (Fsp3) is 0.265. The van der Waals surface area contributed by atoms with Gasteiger partial charge in [0.15, 0.2) is 22.9 Å². The Morgan fingerprint density at radius 2 is 1.77 bits per heavy atom. The Labute approximate surface area is 253 Å². The summed E-state index contributed by atoms with van der Waals surface area (Å²) >= 11 is 1.37. The van der Waals surface area contributed by atoms with Crippen LogP contribution in [0.15, 0.2) is 82.1 Å². The molecule has 1 aromatic heterocycles. The van der Waals surface area contributed by atoms with E-state index in [9.17, 15) is 9.59 Å². The molecule has 220 valence electrons. The summed E-state index contributed by atoms with van der Waals surface area (Å²) in [5.41, 5.74) is 6.19. The summed E-state index contributed by atoms with van der Waals surface area (Å²) < 4.78 is 24.1. The molecule has 0 saturated heterocycles. The number of nitrogens with zero attached hydrogens (tertiary/aromatic N) is 2. The van der Waals surface area contributed by atoms with Crippen LogP contribution in [0.4, 0.5) is 0 Å². The molecule has 0 saturated carbocycles. The van der Waals surface area contributed by atoms with Gasteiger partial charge in [0.05, 0.1) is 36.6 Å². The molecular weight excluding hydrogens is 564 g/mol. The van der Waals surface area contributed by atoms with Crippen molar-refractivity contribution in [3.8, 4) is 17.2 Å². The van der Waals surface area contributed by atoms with Crippen LogP contribution in [0, 0.1) is 0 Å². The second-order valence-corrected chi connectivity index (χ2v) is 11.1. The first-order chi connectivity index (χ1) is 21.0. The van der Waals surface area contributed by atoms with Gasteiger partial charge in [0, 0.05) is 5.56 Å². The van der Waals surface area contributed by atoms with Crippen LogP contribution < -0.4 is 29.1 Å². The molecule has 0 bridgehead atoms. The number of carbonyl (C=O) groups excluding carboxylic acids is 1. The molecule has 0 N–H and O–H groups in total. The van der Waals surface area contributed by atoms with Crippen molar-refractivity contribution in [1.82, 2.24) is 4.57 Å². The maximum absolute atomic E-state index is 14.1. The van der Waals surface area contributed by atoms with E-state index in [1.807, 2.05) is 60.9 Å². The number of hydrogen-bond acceptors (Lipinski definition) is 8. The van der Waals surface area contributed by atoms with Crippen LogP contribution in [0.1, 0.15) is 48.6 Å². The Morgan fingerprint density at radius 1 is 0.977 bits per heavy atom. The van der Waals surface area contributed by atoms with E-state index >= 15 is 0 Å². The highest BCUT2D eigenvalue weighted by molar-refractivity contribution is 7.07. The topological polar surface area (TPSA) is 88.4 Å². The van der Waals surface area contributed by atoms with Gasteiger partial charge in [-0.1, -0.05) is 53.8 Å². The van der Waals surface area contributed by atoms with Gasteiger partial charge in [0.1, 0.15) is 5.75 Å². The quantitative estimate of drug-likeness (QED) is 0.261. The lowest BCUT2D eigenvalue weighted by Gasteiger charge is -2.30. The van der Waals surface area contributed by atoms with Gasteiger partial charge in [-0.15, -0.1) is 0 Å². The van der Waals surface area contributed by atoms with E-state index < -0.39 is 5.97 Å². The van der Waals surface area contributed by atoms with Crippen molar-refractivity contribution in [2.24, 2.45) is 4.99 Å². The number of aryl methyl sites for hydroxylation is 1. The Morgan fingerprint density at radius 3 is 2.53 bits per heavy atom. The smallest absolute Gasteiger partial charge is 0.343 e. The molecule has 1 atom stereocenters. The molecule has 3 aromatic carbocycles. The second-order valence-electron chi connectivity index (χ2n) is 10.1. The molecule has 0 spiro atoms. The molecule has 1 aliphatic heterocycles. The average molecular weight is 597 g/mol. The van der Waals surface area contributed by atoms with E-state index in [1.54, 1.807) is 12.1 Å². The molecule has 0 amide bonds. The van der Waals surface area contributed by atoms with E-state index in [0.29, 0.717) is 34.0 Å². The standard InChI is InChI=1S/C34H32N2O6S/c1-4-40-24-14-11-23(12-15-24)32-26-16-13-22-8-6-7-9-25(22)31(26)35-34-36(32)33(38)29(43-34)19-21-10-17-27(28(18-21)41-5-2)42-20-30(37)39-3/h6-12,14-15,17-19,32H,4-5,13,16,20H2,1-3H3. The zero-order valence-electron chi connectivity index (χ0n) is 24.3. The number of thiazole rings is 1. The van der Waals surface area contributed by atoms with Gasteiger partial charge in [-0.2, -0.15) is 0 Å². The molecule has 1 aliphatic carbocycles. The molecule has 0 radical (unpaired) electrons. The van der Waals surface area contributed by atoms with Crippen LogP contribution in [-0.4, -0.2) is 37.5 Å². The fourth-order valence-corrected chi connectivity index (χ4v) is 6.59. The number of fused-ring (bicyclic) bond motifs is 3. The monoisotopic (exact) mass is 596 g/mol. The number of ether oxygens (including phenoxy) is 4. The van der Waals surface area contributed by atoms with E-state index in [-0.39, 0.29) is 18.2 Å². The number of benzene rings is 3. The molecule has 2 heterocycles. The molecule has 0 fully saturated rings. The molecule has 2 aliphatic rings. The normalized spacial score (nSPS) is 15.6. The SMILES string of the molecule is CCOc1ccc(C2C3=C(N=c4sc(=Cc5ccc(OCC(=O)OC)c(OCC)c5)c(=O)n42)c2ccccc2CC3)cc1. The minimum Gasteiger partial charge on any atom is -0.494 e. The summed E-state index contributed by atoms with van der Waals surface area (Å²) in [7, 11) is 1.31. The Balaban J connectivity index is 1.47. The third-order valence-electron chi connectivity index (χ3n) is 7.52. The molecule has 4 aromatic rings. The number of hydrogen-bond donors (Lipinski definition) is 0. The van der Waals surface area contributed by atoms with E-state index in [0.717, 1.165) is 46.6 Å². The van der Waals surface area contributed by atoms with Crippen LogP contribution in [0.3, 0.4) is 0 Å². The van der Waals surface area contributed by atoms with E-state index in [4.69, 9.17) is 19.2 Å². The van der Waals surface area contributed by atoms with Crippen LogP contribution in [-0.2, 0) is 16.0 Å². The molecule has 9 heteroatoms. The summed E-state index contributed by atoms with van der Waals surface area (Å²) in [5.74, 6) is 1.21. The summed E-state index contributed by atoms with van der Waals surface area (Å²) in [6.07, 6.45) is 3.57. The van der Waals surface area contributed by atoms with Crippen LogP contribution in [0.25, 0.3) is 11.8 Å². The number of methoxy groups -OCH3 is 1. The number of esters is 1. The lowest BCUT2D eigenvalue weighted by atomic mass is 9.83. The first kappa shape index (κ1) is 28.5. The molecule has 6 rings (SSSR count). The van der Waals surface area contributed by atoms with Gasteiger partial charge < -0.3 is 18.9 Å². The minimum absolute atomic E-state index is 0.1000. The van der Waals surface area contributed by atoms with Gasteiger partial charge >= 0.3 is 5.97 Å². The fourth-order valence-electron chi connectivity index (χ4n) is 5.58. The molecule has 8 nitrogen and oxygen atoms in total. The molecule has 1 unspecified atom stereocenters. The summed E-state index contributed by atoms with van der Waals surface area (Å²) in [5, 5.41) is 0. The summed E-state index contributed by atoms with van der Waals surface area (Å²) in [6, 6.07) is 21.5. The maximum Gasteiger partial charge on any atom is 0.343 e. The molecule has 43 heavy (non-hydrogen) atoms. The van der Waals surface area contributed by atoms with Gasteiger partial charge in [-0.25, -0.2) is 9.79 Å². The van der Waals surface area contributed by atoms with Crippen LogP contribution >= 0.6 is 11.3 Å². The van der Waals surface area contributed by atoms with Gasteiger partial charge in [-0.05, 0) is 79.3 Å².